The summed E-state index contributed by atoms with van der Waals surface area (Å²) in [5, 5.41) is 20.3. The van der Waals surface area contributed by atoms with E-state index in [1.54, 1.807) is 20.8 Å². The summed E-state index contributed by atoms with van der Waals surface area (Å²) in [7, 11) is 0. The maximum Gasteiger partial charge on any atom is 0.207 e. The van der Waals surface area contributed by atoms with Crippen LogP contribution in [0.3, 0.4) is 0 Å². The Kier molecular flexibility index (Phi) is 11.1. The van der Waals surface area contributed by atoms with E-state index in [4.69, 9.17) is 10.2 Å². The predicted octanol–water partition coefficient (Wildman–Crippen LogP) is 1.06. The third kappa shape index (κ3) is 24.7. The lowest BCUT2D eigenvalue weighted by Crippen LogP contribution is -2.24. The molecule has 0 rings (SSSR count). The van der Waals surface area contributed by atoms with Crippen LogP contribution in [-0.4, -0.2) is 34.9 Å². The highest BCUT2D eigenvalue weighted by Crippen LogP contribution is 2.09. The molecule has 3 N–H and O–H groups in total. The monoisotopic (exact) mass is 219 g/mol. The molecule has 0 saturated heterocycles. The Bertz CT molecular complexity index is 141. The minimum Gasteiger partial charge on any atom is -0.393 e. The summed E-state index contributed by atoms with van der Waals surface area (Å²) < 4.78 is 0. The standard InChI is InChI=1S/C6H14O2.C5H11NO/c1-5(7)4-6(2,3)8;1-2-3-4-6-5-7/h5,7-8H,4H2,1-3H3;5H,2-4H2,1H3,(H,6,7). The fourth-order valence-electron chi connectivity index (χ4n) is 1.06. The van der Waals surface area contributed by atoms with Gasteiger partial charge in [-0.05, 0) is 27.2 Å². The summed E-state index contributed by atoms with van der Waals surface area (Å²) in [6.07, 6.45) is 2.98. The maximum atomic E-state index is 9.57. The highest BCUT2D eigenvalue weighted by molar-refractivity contribution is 5.45. The van der Waals surface area contributed by atoms with Gasteiger partial charge < -0.3 is 15.5 Å². The van der Waals surface area contributed by atoms with Gasteiger partial charge in [0.25, 0.3) is 0 Å². The second-order valence-corrected chi connectivity index (χ2v) is 4.29. The van der Waals surface area contributed by atoms with Gasteiger partial charge in [0.2, 0.25) is 6.41 Å². The molecule has 92 valence electrons. The third-order valence-corrected chi connectivity index (χ3v) is 1.55. The summed E-state index contributed by atoms with van der Waals surface area (Å²) in [6.45, 7) is 7.93. The first-order valence-electron chi connectivity index (χ1n) is 5.41. The van der Waals surface area contributed by atoms with E-state index in [0.717, 1.165) is 25.8 Å². The number of amides is 1. The smallest absolute Gasteiger partial charge is 0.207 e. The highest BCUT2D eigenvalue weighted by Gasteiger charge is 2.14. The van der Waals surface area contributed by atoms with Crippen molar-refractivity contribution in [2.45, 2.75) is 58.7 Å². The Morgan fingerprint density at radius 3 is 2.20 bits per heavy atom. The first kappa shape index (κ1) is 16.8. The van der Waals surface area contributed by atoms with Crippen LogP contribution in [0.1, 0.15) is 47.0 Å². The van der Waals surface area contributed by atoms with Crippen LogP contribution in [0.15, 0.2) is 0 Å². The van der Waals surface area contributed by atoms with Crippen LogP contribution in [0, 0.1) is 0 Å². The Hall–Kier alpha value is -0.610. The fraction of sp³-hybridized carbons (Fsp3) is 0.909. The normalized spacial score (nSPS) is 12.4. The van der Waals surface area contributed by atoms with Crippen LogP contribution in [0.2, 0.25) is 0 Å². The van der Waals surface area contributed by atoms with Crippen molar-refractivity contribution in [3.05, 3.63) is 0 Å². The lowest BCUT2D eigenvalue weighted by atomic mass is 10.0. The van der Waals surface area contributed by atoms with Crippen LogP contribution >= 0.6 is 0 Å². The molecule has 0 fully saturated rings. The minimum absolute atomic E-state index is 0.407. The summed E-state index contributed by atoms with van der Waals surface area (Å²) >= 11 is 0. The lowest BCUT2D eigenvalue weighted by molar-refractivity contribution is -0.109. The first-order chi connectivity index (χ1) is 6.83. The van der Waals surface area contributed by atoms with Crippen LogP contribution in [0.5, 0.6) is 0 Å². The highest BCUT2D eigenvalue weighted by atomic mass is 16.3. The molecule has 0 spiro atoms. The molecule has 1 amide bonds. The third-order valence-electron chi connectivity index (χ3n) is 1.55. The second-order valence-electron chi connectivity index (χ2n) is 4.29. The van der Waals surface area contributed by atoms with Gasteiger partial charge in [-0.15, -0.1) is 0 Å². The largest absolute Gasteiger partial charge is 0.393 e. The maximum absolute atomic E-state index is 9.57. The van der Waals surface area contributed by atoms with E-state index in [9.17, 15) is 4.79 Å². The molecule has 0 aliphatic carbocycles. The number of aliphatic hydroxyl groups excluding tert-OH is 1. The number of hydrogen-bond donors (Lipinski definition) is 3. The average molecular weight is 219 g/mol. The van der Waals surface area contributed by atoms with Crippen molar-refractivity contribution < 1.29 is 15.0 Å². The van der Waals surface area contributed by atoms with E-state index >= 15 is 0 Å². The van der Waals surface area contributed by atoms with Gasteiger partial charge in [-0.3, -0.25) is 4.79 Å². The molecule has 0 aromatic rings. The Morgan fingerprint density at radius 1 is 1.47 bits per heavy atom. The van der Waals surface area contributed by atoms with Gasteiger partial charge in [-0.1, -0.05) is 13.3 Å². The summed E-state index contributed by atoms with van der Waals surface area (Å²) in [4.78, 5) is 9.57. The van der Waals surface area contributed by atoms with Gasteiger partial charge in [-0.25, -0.2) is 0 Å². The molecule has 4 heteroatoms. The summed E-state index contributed by atoms with van der Waals surface area (Å²) in [6, 6.07) is 0. The quantitative estimate of drug-likeness (QED) is 0.462. The SMILES string of the molecule is CC(O)CC(C)(C)O.CCCCNC=O. The molecule has 0 radical (unpaired) electrons. The minimum atomic E-state index is -0.728. The molecule has 0 aromatic heterocycles. The van der Waals surface area contributed by atoms with E-state index in [-0.39, 0.29) is 0 Å². The van der Waals surface area contributed by atoms with Crippen LogP contribution in [-0.2, 0) is 4.79 Å². The fourth-order valence-corrected chi connectivity index (χ4v) is 1.06. The van der Waals surface area contributed by atoms with Crippen molar-refractivity contribution in [3.8, 4) is 0 Å². The number of aliphatic hydroxyl groups is 2. The molecule has 0 bridgehead atoms. The molecule has 1 atom stereocenters. The van der Waals surface area contributed by atoms with E-state index in [2.05, 4.69) is 12.2 Å². The number of hydrogen-bond acceptors (Lipinski definition) is 3. The van der Waals surface area contributed by atoms with Gasteiger partial charge >= 0.3 is 0 Å². The molecule has 0 aromatic carbocycles. The van der Waals surface area contributed by atoms with Crippen LogP contribution in [0.4, 0.5) is 0 Å². The Balaban J connectivity index is 0. The zero-order valence-electron chi connectivity index (χ0n) is 10.3. The number of nitrogens with one attached hydrogen (secondary N) is 1. The Morgan fingerprint density at radius 2 is 2.00 bits per heavy atom. The van der Waals surface area contributed by atoms with Crippen molar-refractivity contribution in [3.63, 3.8) is 0 Å². The molecule has 1 unspecified atom stereocenters. The number of rotatable bonds is 6. The van der Waals surface area contributed by atoms with Crippen LogP contribution < -0.4 is 5.32 Å². The number of carbonyl (C=O) groups is 1. The zero-order chi connectivity index (χ0) is 12.3. The van der Waals surface area contributed by atoms with E-state index in [0.29, 0.717) is 6.42 Å². The van der Waals surface area contributed by atoms with E-state index in [1.165, 1.54) is 0 Å². The van der Waals surface area contributed by atoms with Crippen molar-refractivity contribution in [2.24, 2.45) is 0 Å². The molecular weight excluding hydrogens is 194 g/mol. The molecule has 15 heavy (non-hydrogen) atoms. The van der Waals surface area contributed by atoms with Crippen molar-refractivity contribution in [1.29, 1.82) is 0 Å². The topological polar surface area (TPSA) is 69.6 Å². The molecule has 0 saturated carbocycles. The lowest BCUT2D eigenvalue weighted by Gasteiger charge is -2.17. The van der Waals surface area contributed by atoms with Gasteiger partial charge in [-0.2, -0.15) is 0 Å². The van der Waals surface area contributed by atoms with E-state index in [1.807, 2.05) is 0 Å². The van der Waals surface area contributed by atoms with Gasteiger partial charge in [0.05, 0.1) is 11.7 Å². The van der Waals surface area contributed by atoms with Gasteiger partial charge in [0, 0.05) is 13.0 Å². The summed E-state index contributed by atoms with van der Waals surface area (Å²) in [5.41, 5.74) is -0.728. The van der Waals surface area contributed by atoms with Crippen LogP contribution in [0.25, 0.3) is 0 Å². The molecule has 4 nitrogen and oxygen atoms in total. The molecule has 0 aliphatic rings. The second kappa shape index (κ2) is 9.93. The Labute approximate surface area is 92.7 Å². The predicted molar refractivity (Wildman–Crippen MR) is 61.6 cm³/mol. The molecule has 0 heterocycles. The first-order valence-corrected chi connectivity index (χ1v) is 5.41. The van der Waals surface area contributed by atoms with Gasteiger partial charge in [0.1, 0.15) is 0 Å². The average Bonchev–Trinajstić information content (AvgIpc) is 2.01. The van der Waals surface area contributed by atoms with Crippen molar-refractivity contribution >= 4 is 6.41 Å². The van der Waals surface area contributed by atoms with Gasteiger partial charge in [0.15, 0.2) is 0 Å². The number of carbonyl (C=O) groups excluding carboxylic acids is 1. The zero-order valence-corrected chi connectivity index (χ0v) is 10.3. The summed E-state index contributed by atoms with van der Waals surface area (Å²) in [5.74, 6) is 0. The molecular formula is C11H25NO3. The van der Waals surface area contributed by atoms with Crippen molar-refractivity contribution in [1.82, 2.24) is 5.32 Å². The molecule has 0 aliphatic heterocycles. The number of unbranched alkanes of at least 4 members (excludes halogenated alkanes) is 1. The van der Waals surface area contributed by atoms with Crippen molar-refractivity contribution in [2.75, 3.05) is 6.54 Å². The van der Waals surface area contributed by atoms with E-state index < -0.39 is 11.7 Å².